The molecule has 0 aliphatic heterocycles. The second kappa shape index (κ2) is 6.32. The average Bonchev–Trinajstić information content (AvgIpc) is 2.53. The van der Waals surface area contributed by atoms with Crippen molar-refractivity contribution >= 4 is 36.5 Å². The molecule has 0 aromatic heterocycles. The first-order chi connectivity index (χ1) is 10.6. The lowest BCUT2D eigenvalue weighted by Gasteiger charge is -2.23. The maximum atomic E-state index is 11.6. The summed E-state index contributed by atoms with van der Waals surface area (Å²) in [5.74, 6) is -0.727. The minimum absolute atomic E-state index is 0.0232. The number of carbonyl (C=O) groups is 1. The summed E-state index contributed by atoms with van der Waals surface area (Å²) in [6, 6.07) is 8.85. The van der Waals surface area contributed by atoms with E-state index in [9.17, 15) is 16.0 Å². The topological polar surface area (TPSA) is 71.4 Å². The van der Waals surface area contributed by atoms with Crippen LogP contribution in [0.5, 0.6) is 0 Å². The summed E-state index contributed by atoms with van der Waals surface area (Å²) in [6.45, 7) is 0. The number of hydrogen-bond acceptors (Lipinski definition) is 3. The number of benzene rings is 2. The number of rotatable bonds is 3. The third-order valence-electron chi connectivity index (χ3n) is 4.47. The Balaban J connectivity index is 2.25. The fraction of sp³-hybridized carbons (Fsp3) is 0.353. The van der Waals surface area contributed by atoms with E-state index in [1.807, 2.05) is 12.1 Å². The van der Waals surface area contributed by atoms with E-state index in [0.717, 1.165) is 23.8 Å². The molecule has 0 spiro atoms. The Morgan fingerprint density at radius 2 is 1.73 bits per heavy atom. The maximum Gasteiger partial charge on any atom is 0.341 e. The first-order valence-corrected chi connectivity index (χ1v) is 10.3. The Morgan fingerprint density at radius 1 is 1.00 bits per heavy atom. The zero-order valence-corrected chi connectivity index (χ0v) is 14.2. The monoisotopic (exact) mass is 412 g/mol. The molecule has 2 aromatic rings. The van der Waals surface area contributed by atoms with Gasteiger partial charge in [0.15, 0.2) is 0 Å². The number of carboxylic acids is 1. The molecule has 1 aliphatic rings. The predicted octanol–water partition coefficient (Wildman–Crippen LogP) is 4.95. The van der Waals surface area contributed by atoms with Crippen molar-refractivity contribution in [2.45, 2.75) is 38.0 Å². The zero-order valence-electron chi connectivity index (χ0n) is 12.0. The van der Waals surface area contributed by atoms with Crippen LogP contribution in [0, 0.1) is 3.57 Å². The highest BCUT2D eigenvalue weighted by Gasteiger charge is 2.22. The van der Waals surface area contributed by atoms with Crippen LogP contribution in [0.1, 0.15) is 53.9 Å². The number of carboxylic acid groups (broad SMARTS) is 1. The Hall–Kier alpha value is -1.50. The van der Waals surface area contributed by atoms with E-state index in [-0.39, 0.29) is 9.13 Å². The van der Waals surface area contributed by atoms with E-state index >= 15 is 0 Å². The van der Waals surface area contributed by atoms with Crippen LogP contribution in [0.2, 0.25) is 0 Å². The molecule has 116 valence electrons. The summed E-state index contributed by atoms with van der Waals surface area (Å²) in [6.07, 6.45) is 5.88. The van der Waals surface area contributed by atoms with Gasteiger partial charge in [-0.3, -0.25) is 0 Å². The molecule has 0 saturated heterocycles. The van der Waals surface area contributed by atoms with Gasteiger partial charge in [-0.1, -0.05) is 43.5 Å². The number of aromatic carboxylic acids is 1. The van der Waals surface area contributed by atoms with Crippen molar-refractivity contribution in [2.24, 2.45) is 0 Å². The fourth-order valence-corrected chi connectivity index (χ4v) is 4.91. The van der Waals surface area contributed by atoms with Gasteiger partial charge in [0.1, 0.15) is 0 Å². The standard InChI is InChI=1S/C17H17IO4/c19-17(20)16-14-8-4-7-12(11-5-2-1-3-6-11)13(14)9-10-15(16)18(21)22/h4,7-11H,1-3,5-6H2,(H,19,20). The normalized spacial score (nSPS) is 16.2. The lowest BCUT2D eigenvalue weighted by Crippen LogP contribution is -2.07. The Labute approximate surface area is 135 Å². The van der Waals surface area contributed by atoms with Crippen LogP contribution in [0.25, 0.3) is 10.8 Å². The van der Waals surface area contributed by atoms with E-state index in [4.69, 9.17) is 0 Å². The highest BCUT2D eigenvalue weighted by Crippen LogP contribution is 2.38. The van der Waals surface area contributed by atoms with Gasteiger partial charge in [-0.25, -0.2) is 10.9 Å². The van der Waals surface area contributed by atoms with Gasteiger partial charge in [0.2, 0.25) is 0 Å². The van der Waals surface area contributed by atoms with Gasteiger partial charge < -0.3 is 5.11 Å². The summed E-state index contributed by atoms with van der Waals surface area (Å²) >= 11 is -3.84. The third kappa shape index (κ3) is 2.74. The largest absolute Gasteiger partial charge is 0.478 e. The molecular weight excluding hydrogens is 395 g/mol. The fourth-order valence-electron chi connectivity index (χ4n) is 3.47. The molecule has 2 aromatic carbocycles. The zero-order chi connectivity index (χ0) is 15.7. The molecule has 5 heteroatoms. The molecule has 3 rings (SSSR count). The molecule has 22 heavy (non-hydrogen) atoms. The number of fused-ring (bicyclic) bond motifs is 1. The Kier molecular flexibility index (Phi) is 4.42. The van der Waals surface area contributed by atoms with Gasteiger partial charge in [-0.15, -0.1) is 0 Å². The molecule has 1 fully saturated rings. The van der Waals surface area contributed by atoms with Gasteiger partial charge in [-0.2, -0.15) is 0 Å². The Morgan fingerprint density at radius 3 is 2.36 bits per heavy atom. The van der Waals surface area contributed by atoms with E-state index in [2.05, 4.69) is 0 Å². The van der Waals surface area contributed by atoms with Crippen LogP contribution < -0.4 is 0 Å². The maximum absolute atomic E-state index is 11.6. The van der Waals surface area contributed by atoms with E-state index in [1.54, 1.807) is 12.1 Å². The minimum atomic E-state index is -3.84. The summed E-state index contributed by atoms with van der Waals surface area (Å²) < 4.78 is 22.8. The Bertz CT molecular complexity index is 794. The lowest BCUT2D eigenvalue weighted by atomic mass is 9.82. The molecule has 0 bridgehead atoms. The van der Waals surface area contributed by atoms with Gasteiger partial charge in [-0.05, 0) is 41.2 Å². The van der Waals surface area contributed by atoms with Crippen molar-refractivity contribution in [1.82, 2.24) is 0 Å². The second-order valence-electron chi connectivity index (χ2n) is 5.72. The molecule has 1 aliphatic carbocycles. The van der Waals surface area contributed by atoms with Crippen LogP contribution in [0.4, 0.5) is 0 Å². The SMILES string of the molecule is O=C(O)c1c(I(=O)=O)ccc2c(C3CCCCC3)cccc12. The molecule has 0 atom stereocenters. The summed E-state index contributed by atoms with van der Waals surface area (Å²) in [5.41, 5.74) is 1.09. The van der Waals surface area contributed by atoms with Crippen molar-refractivity contribution < 1.29 is 16.0 Å². The minimum Gasteiger partial charge on any atom is -0.478 e. The average molecular weight is 412 g/mol. The smallest absolute Gasteiger partial charge is 0.341 e. The van der Waals surface area contributed by atoms with Crippen molar-refractivity contribution in [3.63, 3.8) is 0 Å². The number of hydrogen-bond donors (Lipinski definition) is 1. The highest BCUT2D eigenvalue weighted by molar-refractivity contribution is 14.2. The second-order valence-corrected chi connectivity index (χ2v) is 8.12. The first-order valence-electron chi connectivity index (χ1n) is 7.44. The first kappa shape index (κ1) is 15.4. The molecule has 0 heterocycles. The van der Waals surface area contributed by atoms with Gasteiger partial charge in [0, 0.05) is 0 Å². The highest BCUT2D eigenvalue weighted by atomic mass is 127. The van der Waals surface area contributed by atoms with Crippen LogP contribution >= 0.6 is 19.8 Å². The summed E-state index contributed by atoms with van der Waals surface area (Å²) in [5, 5.41) is 10.9. The number of halogens is 1. The van der Waals surface area contributed by atoms with Crippen LogP contribution in [0.15, 0.2) is 30.3 Å². The van der Waals surface area contributed by atoms with Crippen molar-refractivity contribution in [3.05, 3.63) is 45.0 Å². The lowest BCUT2D eigenvalue weighted by molar-refractivity contribution is 0.0698. The van der Waals surface area contributed by atoms with Crippen molar-refractivity contribution in [2.75, 3.05) is 0 Å². The van der Waals surface area contributed by atoms with E-state index < -0.39 is 25.8 Å². The molecule has 1 N–H and O–H groups in total. The van der Waals surface area contributed by atoms with Crippen LogP contribution in [-0.2, 0) is 6.14 Å². The van der Waals surface area contributed by atoms with E-state index in [0.29, 0.717) is 11.3 Å². The molecule has 1 saturated carbocycles. The molecule has 0 radical (unpaired) electrons. The summed E-state index contributed by atoms with van der Waals surface area (Å²) in [4.78, 5) is 11.6. The third-order valence-corrected chi connectivity index (χ3v) is 6.32. The molecule has 0 amide bonds. The van der Waals surface area contributed by atoms with Gasteiger partial charge in [0.05, 0.1) is 9.13 Å². The van der Waals surface area contributed by atoms with Crippen molar-refractivity contribution in [3.8, 4) is 0 Å². The molecule has 4 nitrogen and oxygen atoms in total. The summed E-state index contributed by atoms with van der Waals surface area (Å²) in [7, 11) is 0. The van der Waals surface area contributed by atoms with Crippen LogP contribution in [0.3, 0.4) is 0 Å². The van der Waals surface area contributed by atoms with E-state index in [1.165, 1.54) is 25.3 Å². The van der Waals surface area contributed by atoms with Gasteiger partial charge >= 0.3 is 25.8 Å². The molecule has 0 unspecified atom stereocenters. The van der Waals surface area contributed by atoms with Crippen LogP contribution in [-0.4, -0.2) is 11.1 Å². The van der Waals surface area contributed by atoms with Gasteiger partial charge in [0.25, 0.3) is 0 Å². The van der Waals surface area contributed by atoms with Crippen molar-refractivity contribution in [1.29, 1.82) is 0 Å². The molecular formula is C17H17IO4. The predicted molar refractivity (Wildman–Crippen MR) is 90.8 cm³/mol. The quantitative estimate of drug-likeness (QED) is 0.724.